The lowest BCUT2D eigenvalue weighted by Gasteiger charge is -2.21. The number of carbonyl (C=O) groups is 2. The van der Waals surface area contributed by atoms with Crippen LogP contribution in [0.25, 0.3) is 0 Å². The zero-order chi connectivity index (χ0) is 17.4. The van der Waals surface area contributed by atoms with Crippen molar-refractivity contribution >= 4 is 11.8 Å². The van der Waals surface area contributed by atoms with Gasteiger partial charge >= 0.3 is 0 Å². The van der Waals surface area contributed by atoms with Gasteiger partial charge in [0.25, 0.3) is 5.91 Å². The second-order valence-corrected chi connectivity index (χ2v) is 6.27. The normalized spacial score (nSPS) is 10.7. The molecule has 0 saturated heterocycles. The molecule has 0 bridgehead atoms. The molecule has 0 spiro atoms. The average Bonchev–Trinajstić information content (AvgIpc) is 2.49. The maximum atomic E-state index is 12.6. The molecule has 0 heterocycles. The molecule has 0 atom stereocenters. The van der Waals surface area contributed by atoms with Crippen molar-refractivity contribution < 1.29 is 14.3 Å². The highest BCUT2D eigenvalue weighted by molar-refractivity contribution is 5.96. The van der Waals surface area contributed by atoms with Crippen LogP contribution in [-0.2, 0) is 4.79 Å². The van der Waals surface area contributed by atoms with Gasteiger partial charge in [0.15, 0.2) is 0 Å². The van der Waals surface area contributed by atoms with E-state index in [1.807, 2.05) is 26.8 Å². The Bertz CT molecular complexity index is 527. The van der Waals surface area contributed by atoms with E-state index in [-0.39, 0.29) is 24.4 Å². The van der Waals surface area contributed by atoms with Gasteiger partial charge in [-0.25, -0.2) is 0 Å². The van der Waals surface area contributed by atoms with Crippen LogP contribution in [0.2, 0.25) is 0 Å². The van der Waals surface area contributed by atoms with Crippen LogP contribution < -0.4 is 10.1 Å². The maximum Gasteiger partial charge on any atom is 0.254 e. The van der Waals surface area contributed by atoms with Crippen molar-refractivity contribution in [1.29, 1.82) is 0 Å². The predicted octanol–water partition coefficient (Wildman–Crippen LogP) is 2.71. The lowest BCUT2D eigenvalue weighted by Crippen LogP contribution is -2.42. The summed E-state index contributed by atoms with van der Waals surface area (Å²) >= 11 is 0. The first-order chi connectivity index (χ1) is 10.8. The van der Waals surface area contributed by atoms with Crippen LogP contribution in [0.5, 0.6) is 5.75 Å². The molecule has 1 N–H and O–H groups in total. The highest BCUT2D eigenvalue weighted by atomic mass is 16.5. The van der Waals surface area contributed by atoms with Crippen LogP contribution in [0.4, 0.5) is 0 Å². The summed E-state index contributed by atoms with van der Waals surface area (Å²) < 4.78 is 5.66. The largest absolute Gasteiger partial charge is 0.493 e. The van der Waals surface area contributed by atoms with Gasteiger partial charge in [-0.05, 0) is 44.9 Å². The van der Waals surface area contributed by atoms with Crippen LogP contribution in [0.15, 0.2) is 24.3 Å². The summed E-state index contributed by atoms with van der Waals surface area (Å²) in [7, 11) is 0. The van der Waals surface area contributed by atoms with Crippen molar-refractivity contribution in [2.45, 2.75) is 40.7 Å². The summed E-state index contributed by atoms with van der Waals surface area (Å²) in [6.07, 6.45) is 0. The fourth-order valence-electron chi connectivity index (χ4n) is 2.03. The number of nitrogens with zero attached hydrogens (tertiary/aromatic N) is 1. The van der Waals surface area contributed by atoms with Gasteiger partial charge in [0, 0.05) is 18.2 Å². The quantitative estimate of drug-likeness (QED) is 0.801. The number of carbonyl (C=O) groups excluding carboxylic acids is 2. The van der Waals surface area contributed by atoms with Gasteiger partial charge in [0.2, 0.25) is 5.91 Å². The van der Waals surface area contributed by atoms with E-state index in [1.165, 1.54) is 4.90 Å². The second-order valence-electron chi connectivity index (χ2n) is 6.27. The van der Waals surface area contributed by atoms with E-state index < -0.39 is 0 Å². The van der Waals surface area contributed by atoms with E-state index >= 15 is 0 Å². The molecule has 0 saturated carbocycles. The van der Waals surface area contributed by atoms with Crippen LogP contribution in [0.1, 0.15) is 45.0 Å². The predicted molar refractivity (Wildman–Crippen MR) is 91.6 cm³/mol. The summed E-state index contributed by atoms with van der Waals surface area (Å²) in [5.41, 5.74) is 0.533. The first-order valence-corrected chi connectivity index (χ1v) is 8.15. The fourth-order valence-corrected chi connectivity index (χ4v) is 2.03. The molecule has 5 heteroatoms. The van der Waals surface area contributed by atoms with Crippen LogP contribution in [0, 0.1) is 5.92 Å². The molecule has 0 aliphatic carbocycles. The van der Waals surface area contributed by atoms with Crippen LogP contribution >= 0.6 is 0 Å². The summed E-state index contributed by atoms with van der Waals surface area (Å²) in [5, 5.41) is 2.80. The van der Waals surface area contributed by atoms with Crippen LogP contribution in [-0.4, -0.2) is 42.5 Å². The molecule has 0 aliphatic rings. The zero-order valence-corrected chi connectivity index (χ0v) is 14.8. The van der Waals surface area contributed by atoms with Crippen LogP contribution in [0.3, 0.4) is 0 Å². The molecule has 0 unspecified atom stereocenters. The van der Waals surface area contributed by atoms with Gasteiger partial charge in [-0.3, -0.25) is 9.59 Å². The Hall–Kier alpha value is -2.04. The Morgan fingerprint density at radius 3 is 2.48 bits per heavy atom. The van der Waals surface area contributed by atoms with Gasteiger partial charge in [-0.2, -0.15) is 0 Å². The Balaban J connectivity index is 2.77. The summed E-state index contributed by atoms with van der Waals surface area (Å²) in [6.45, 7) is 10.9. The highest BCUT2D eigenvalue weighted by Crippen LogP contribution is 2.16. The lowest BCUT2D eigenvalue weighted by molar-refractivity contribution is -0.122. The number of nitrogens with one attached hydrogen (secondary N) is 1. The summed E-state index contributed by atoms with van der Waals surface area (Å²) in [5.74, 6) is 0.775. The molecule has 23 heavy (non-hydrogen) atoms. The standard InChI is InChI=1S/C18H28N2O3/c1-6-20(11-17(21)19-14(4)5)18(22)15-8-7-9-16(10-15)23-12-13(2)3/h7-10,13-14H,6,11-12H2,1-5H3,(H,19,21). The molecule has 0 aliphatic heterocycles. The van der Waals surface area contributed by atoms with Crippen molar-refractivity contribution in [3.8, 4) is 5.75 Å². The van der Waals surface area contributed by atoms with Gasteiger partial charge < -0.3 is 15.0 Å². The third kappa shape index (κ3) is 6.72. The van der Waals surface area contributed by atoms with Crippen molar-refractivity contribution in [3.63, 3.8) is 0 Å². The van der Waals surface area contributed by atoms with E-state index in [0.29, 0.717) is 30.4 Å². The molecule has 1 aromatic carbocycles. The number of benzene rings is 1. The minimum absolute atomic E-state index is 0.0593. The third-order valence-corrected chi connectivity index (χ3v) is 3.12. The molecule has 5 nitrogen and oxygen atoms in total. The third-order valence-electron chi connectivity index (χ3n) is 3.12. The molecule has 0 radical (unpaired) electrons. The second kappa shape index (κ2) is 9.18. The lowest BCUT2D eigenvalue weighted by atomic mass is 10.2. The Morgan fingerprint density at radius 1 is 1.22 bits per heavy atom. The zero-order valence-electron chi connectivity index (χ0n) is 14.8. The number of rotatable bonds is 8. The average molecular weight is 320 g/mol. The van der Waals surface area contributed by atoms with E-state index in [2.05, 4.69) is 19.2 Å². The molecule has 128 valence electrons. The van der Waals surface area contributed by atoms with Crippen molar-refractivity contribution in [2.75, 3.05) is 19.7 Å². The van der Waals surface area contributed by atoms with E-state index in [9.17, 15) is 9.59 Å². The molecular formula is C18H28N2O3. The van der Waals surface area contributed by atoms with Gasteiger partial charge in [-0.15, -0.1) is 0 Å². The minimum Gasteiger partial charge on any atom is -0.493 e. The van der Waals surface area contributed by atoms with E-state index in [1.54, 1.807) is 18.2 Å². The molecule has 0 fully saturated rings. The number of likely N-dealkylation sites (N-methyl/N-ethyl adjacent to an activating group) is 1. The Labute approximate surface area is 139 Å². The first-order valence-electron chi connectivity index (χ1n) is 8.15. The monoisotopic (exact) mass is 320 g/mol. The SMILES string of the molecule is CCN(CC(=O)NC(C)C)C(=O)c1cccc(OCC(C)C)c1. The summed E-state index contributed by atoms with van der Waals surface area (Å²) in [6, 6.07) is 7.16. The number of hydrogen-bond acceptors (Lipinski definition) is 3. The fraction of sp³-hybridized carbons (Fsp3) is 0.556. The topological polar surface area (TPSA) is 58.6 Å². The first kappa shape index (κ1) is 19.0. The van der Waals surface area contributed by atoms with Gasteiger partial charge in [0.1, 0.15) is 5.75 Å². The molecule has 0 aromatic heterocycles. The maximum absolute atomic E-state index is 12.6. The van der Waals surface area contributed by atoms with E-state index in [0.717, 1.165) is 0 Å². The van der Waals surface area contributed by atoms with Gasteiger partial charge in [0.05, 0.1) is 13.2 Å². The van der Waals surface area contributed by atoms with Gasteiger partial charge in [-0.1, -0.05) is 19.9 Å². The molecular weight excluding hydrogens is 292 g/mol. The minimum atomic E-state index is -0.165. The molecule has 1 rings (SSSR count). The van der Waals surface area contributed by atoms with E-state index in [4.69, 9.17) is 4.74 Å². The number of ether oxygens (including phenoxy) is 1. The molecule has 1 aromatic rings. The van der Waals surface area contributed by atoms with Crippen molar-refractivity contribution in [3.05, 3.63) is 29.8 Å². The highest BCUT2D eigenvalue weighted by Gasteiger charge is 2.18. The molecule has 2 amide bonds. The smallest absolute Gasteiger partial charge is 0.254 e. The Kier molecular flexibility index (Phi) is 7.59. The Morgan fingerprint density at radius 2 is 1.91 bits per heavy atom. The summed E-state index contributed by atoms with van der Waals surface area (Å²) in [4.78, 5) is 26.0. The van der Waals surface area contributed by atoms with Crippen molar-refractivity contribution in [1.82, 2.24) is 10.2 Å². The number of hydrogen-bond donors (Lipinski definition) is 1. The number of amides is 2. The van der Waals surface area contributed by atoms with Crippen molar-refractivity contribution in [2.24, 2.45) is 5.92 Å².